The number of aromatic nitrogens is 2. The van der Waals surface area contributed by atoms with Crippen molar-refractivity contribution in [3.05, 3.63) is 48.5 Å². The van der Waals surface area contributed by atoms with Crippen LogP contribution in [0.1, 0.15) is 0 Å². The molecule has 0 saturated carbocycles. The zero-order valence-corrected chi connectivity index (χ0v) is 14.0. The summed E-state index contributed by atoms with van der Waals surface area (Å²) in [6.45, 7) is 0.469. The Kier molecular flexibility index (Phi) is 6.17. The van der Waals surface area contributed by atoms with E-state index < -0.39 is 0 Å². The first-order valence-electron chi connectivity index (χ1n) is 7.33. The van der Waals surface area contributed by atoms with Crippen molar-refractivity contribution in [2.45, 2.75) is 0 Å². The second-order valence-electron chi connectivity index (χ2n) is 4.92. The predicted molar refractivity (Wildman–Crippen MR) is 98.6 cm³/mol. The lowest BCUT2D eigenvalue weighted by molar-refractivity contribution is 0.311. The highest BCUT2D eigenvalue weighted by molar-refractivity contribution is 5.90. The number of benzene rings is 2. The zero-order valence-electron chi connectivity index (χ0n) is 13.2. The maximum absolute atomic E-state index is 9.03. The average molecular weight is 347 g/mol. The van der Waals surface area contributed by atoms with E-state index in [1.54, 1.807) is 7.11 Å². The van der Waals surface area contributed by atoms with Crippen molar-refractivity contribution in [1.82, 2.24) is 9.97 Å². The molecular weight excluding hydrogens is 328 g/mol. The molecule has 3 rings (SSSR count). The molecule has 0 unspecified atom stereocenters. The van der Waals surface area contributed by atoms with Gasteiger partial charge < -0.3 is 20.5 Å². The molecule has 6 nitrogen and oxygen atoms in total. The molecule has 7 heteroatoms. The topological polar surface area (TPSA) is 79.3 Å². The van der Waals surface area contributed by atoms with Crippen molar-refractivity contribution >= 4 is 40.8 Å². The first-order valence-corrected chi connectivity index (χ1v) is 7.33. The molecule has 1 aromatic heterocycles. The van der Waals surface area contributed by atoms with Crippen molar-refractivity contribution in [2.75, 3.05) is 30.9 Å². The summed E-state index contributed by atoms with van der Waals surface area (Å²) >= 11 is 0. The van der Waals surface area contributed by atoms with E-state index in [4.69, 9.17) is 9.84 Å². The molecule has 0 aliphatic rings. The number of hydrogen-bond donors (Lipinski definition) is 3. The van der Waals surface area contributed by atoms with Crippen LogP contribution in [0.15, 0.2) is 48.5 Å². The molecule has 0 spiro atoms. The number of nitrogens with zero attached hydrogens (tertiary/aromatic N) is 2. The van der Waals surface area contributed by atoms with E-state index in [2.05, 4.69) is 20.6 Å². The lowest BCUT2D eigenvalue weighted by Gasteiger charge is -2.11. The Bertz CT molecular complexity index is 813. The van der Waals surface area contributed by atoms with E-state index in [1.165, 1.54) is 0 Å². The minimum absolute atomic E-state index is 0. The molecule has 0 amide bonds. The summed E-state index contributed by atoms with van der Waals surface area (Å²) in [5, 5.41) is 16.2. The fourth-order valence-corrected chi connectivity index (χ4v) is 2.27. The van der Waals surface area contributed by atoms with Crippen LogP contribution in [0.4, 0.5) is 17.5 Å². The molecule has 2 aromatic carbocycles. The Morgan fingerprint density at radius 1 is 1.08 bits per heavy atom. The third-order valence-electron chi connectivity index (χ3n) is 3.33. The summed E-state index contributed by atoms with van der Waals surface area (Å²) < 4.78 is 5.22. The minimum Gasteiger partial charge on any atom is -0.497 e. The van der Waals surface area contributed by atoms with Crippen LogP contribution in [-0.4, -0.2) is 35.3 Å². The summed E-state index contributed by atoms with van der Waals surface area (Å²) in [4.78, 5) is 9.03. The van der Waals surface area contributed by atoms with Gasteiger partial charge in [0, 0.05) is 23.7 Å². The van der Waals surface area contributed by atoms with Gasteiger partial charge in [-0.3, -0.25) is 0 Å². The van der Waals surface area contributed by atoms with Crippen LogP contribution in [0.3, 0.4) is 0 Å². The molecule has 126 valence electrons. The number of aliphatic hydroxyl groups excluding tert-OH is 1. The van der Waals surface area contributed by atoms with Crippen LogP contribution >= 0.6 is 12.4 Å². The van der Waals surface area contributed by atoms with Crippen LogP contribution in [-0.2, 0) is 0 Å². The van der Waals surface area contributed by atoms with Gasteiger partial charge in [-0.25, -0.2) is 4.98 Å². The molecule has 0 saturated heterocycles. The molecule has 1 heterocycles. The molecule has 24 heavy (non-hydrogen) atoms. The van der Waals surface area contributed by atoms with Crippen LogP contribution in [0, 0.1) is 0 Å². The Morgan fingerprint density at radius 3 is 2.71 bits per heavy atom. The molecular formula is C17H19ClN4O2. The van der Waals surface area contributed by atoms with Gasteiger partial charge in [0.25, 0.3) is 0 Å². The van der Waals surface area contributed by atoms with Crippen LogP contribution < -0.4 is 15.4 Å². The molecule has 3 N–H and O–H groups in total. The van der Waals surface area contributed by atoms with Gasteiger partial charge in [0.1, 0.15) is 11.6 Å². The molecule has 0 aliphatic heterocycles. The van der Waals surface area contributed by atoms with Crippen LogP contribution in [0.5, 0.6) is 5.75 Å². The number of anilines is 3. The third-order valence-corrected chi connectivity index (χ3v) is 3.33. The maximum Gasteiger partial charge on any atom is 0.229 e. The zero-order chi connectivity index (χ0) is 16.1. The Morgan fingerprint density at radius 2 is 1.92 bits per heavy atom. The van der Waals surface area contributed by atoms with Crippen LogP contribution in [0.25, 0.3) is 10.9 Å². The van der Waals surface area contributed by atoms with Gasteiger partial charge in [-0.15, -0.1) is 12.4 Å². The van der Waals surface area contributed by atoms with Gasteiger partial charge in [-0.05, 0) is 24.3 Å². The van der Waals surface area contributed by atoms with E-state index in [1.807, 2.05) is 48.5 Å². The second-order valence-corrected chi connectivity index (χ2v) is 4.92. The van der Waals surface area contributed by atoms with E-state index in [0.29, 0.717) is 18.3 Å². The average Bonchev–Trinajstić information content (AvgIpc) is 2.60. The van der Waals surface area contributed by atoms with Gasteiger partial charge in [-0.2, -0.15) is 4.98 Å². The number of methoxy groups -OCH3 is 1. The quantitative estimate of drug-likeness (QED) is 0.636. The molecule has 0 fully saturated rings. The molecule has 0 aliphatic carbocycles. The fourth-order valence-electron chi connectivity index (χ4n) is 2.27. The van der Waals surface area contributed by atoms with E-state index >= 15 is 0 Å². The number of ether oxygens (including phenoxy) is 1. The smallest absolute Gasteiger partial charge is 0.229 e. The van der Waals surface area contributed by atoms with Gasteiger partial charge in [0.15, 0.2) is 0 Å². The number of rotatable bonds is 6. The first kappa shape index (κ1) is 17.8. The maximum atomic E-state index is 9.03. The molecule has 3 aromatic rings. The SMILES string of the molecule is COc1cccc(Nc2nc(NCCO)c3ccccc3n2)c1.Cl. The lowest BCUT2D eigenvalue weighted by atomic mass is 10.2. The molecule has 0 radical (unpaired) electrons. The van der Waals surface area contributed by atoms with Gasteiger partial charge in [0.05, 0.1) is 19.2 Å². The Hall–Kier alpha value is -2.57. The highest BCUT2D eigenvalue weighted by Crippen LogP contribution is 2.24. The van der Waals surface area contributed by atoms with Crippen LogP contribution in [0.2, 0.25) is 0 Å². The monoisotopic (exact) mass is 346 g/mol. The van der Waals surface area contributed by atoms with E-state index in [9.17, 15) is 0 Å². The standard InChI is InChI=1S/C17H18N4O2.ClH/c1-23-13-6-4-5-12(11-13)19-17-20-15-8-3-2-7-14(15)16(21-17)18-9-10-22;/h2-8,11,22H,9-10H2,1H3,(H2,18,19,20,21);1H. The summed E-state index contributed by atoms with van der Waals surface area (Å²) in [5.74, 6) is 1.93. The highest BCUT2D eigenvalue weighted by Gasteiger charge is 2.07. The Labute approximate surface area is 146 Å². The van der Waals surface area contributed by atoms with Crippen molar-refractivity contribution in [3.8, 4) is 5.75 Å². The normalized spacial score (nSPS) is 10.1. The second kappa shape index (κ2) is 8.33. The molecule has 0 atom stereocenters. The highest BCUT2D eigenvalue weighted by atomic mass is 35.5. The van der Waals surface area contributed by atoms with Crippen molar-refractivity contribution in [2.24, 2.45) is 0 Å². The Balaban J connectivity index is 0.00000208. The molecule has 0 bridgehead atoms. The summed E-state index contributed by atoms with van der Waals surface area (Å²) in [5.41, 5.74) is 1.67. The van der Waals surface area contributed by atoms with E-state index in [-0.39, 0.29) is 19.0 Å². The number of halogens is 1. The number of para-hydroxylation sites is 1. The van der Waals surface area contributed by atoms with Crippen molar-refractivity contribution in [3.63, 3.8) is 0 Å². The number of hydrogen-bond acceptors (Lipinski definition) is 6. The number of fused-ring (bicyclic) bond motifs is 1. The summed E-state index contributed by atoms with van der Waals surface area (Å²) in [6, 6.07) is 15.3. The predicted octanol–water partition coefficient (Wildman–Crippen LogP) is 3.21. The van der Waals surface area contributed by atoms with Gasteiger partial charge >= 0.3 is 0 Å². The van der Waals surface area contributed by atoms with Crippen molar-refractivity contribution < 1.29 is 9.84 Å². The summed E-state index contributed by atoms with van der Waals surface area (Å²) in [7, 11) is 1.63. The summed E-state index contributed by atoms with van der Waals surface area (Å²) in [6.07, 6.45) is 0. The first-order chi connectivity index (χ1) is 11.3. The number of aliphatic hydroxyl groups is 1. The lowest BCUT2D eigenvalue weighted by Crippen LogP contribution is -2.09. The third kappa shape index (κ3) is 4.04. The minimum atomic E-state index is 0. The van der Waals surface area contributed by atoms with Gasteiger partial charge in [-0.1, -0.05) is 18.2 Å². The fraction of sp³-hybridized carbons (Fsp3) is 0.176. The number of nitrogens with one attached hydrogen (secondary N) is 2. The van der Waals surface area contributed by atoms with E-state index in [0.717, 1.165) is 22.3 Å². The van der Waals surface area contributed by atoms with Crippen molar-refractivity contribution in [1.29, 1.82) is 0 Å². The largest absolute Gasteiger partial charge is 0.497 e. The van der Waals surface area contributed by atoms with Gasteiger partial charge in [0.2, 0.25) is 5.95 Å².